The molecule has 6 heteroatoms. The van der Waals surface area contributed by atoms with Crippen molar-refractivity contribution in [2.45, 2.75) is 64.0 Å². The predicted molar refractivity (Wildman–Crippen MR) is 119 cm³/mol. The lowest BCUT2D eigenvalue weighted by atomic mass is 9.49. The number of halogens is 1. The van der Waals surface area contributed by atoms with Crippen molar-refractivity contribution in [3.63, 3.8) is 0 Å². The van der Waals surface area contributed by atoms with Gasteiger partial charge in [-0.1, -0.05) is 12.1 Å². The molecule has 5 saturated carbocycles. The van der Waals surface area contributed by atoms with Crippen molar-refractivity contribution in [3.8, 4) is 0 Å². The zero-order valence-electron chi connectivity index (χ0n) is 17.6. The van der Waals surface area contributed by atoms with Crippen LogP contribution in [0.1, 0.15) is 67.3 Å². The van der Waals surface area contributed by atoms with Crippen LogP contribution in [0.25, 0.3) is 0 Å². The number of nitrogens with two attached hydrogens (primary N) is 1. The zero-order chi connectivity index (χ0) is 20.0. The van der Waals surface area contributed by atoms with Crippen LogP contribution in [-0.2, 0) is 11.3 Å². The van der Waals surface area contributed by atoms with Crippen molar-refractivity contribution in [1.29, 1.82) is 0 Å². The van der Waals surface area contributed by atoms with Gasteiger partial charge in [0.15, 0.2) is 0 Å². The summed E-state index contributed by atoms with van der Waals surface area (Å²) in [6.45, 7) is 1.07. The molecule has 6 rings (SSSR count). The second-order valence-electron chi connectivity index (χ2n) is 10.3. The highest BCUT2D eigenvalue weighted by molar-refractivity contribution is 5.94. The summed E-state index contributed by atoms with van der Waals surface area (Å²) in [5.41, 5.74) is 7.63. The number of amides is 2. The normalized spacial score (nSPS) is 32.2. The van der Waals surface area contributed by atoms with Gasteiger partial charge in [-0.3, -0.25) is 9.59 Å². The van der Waals surface area contributed by atoms with Crippen molar-refractivity contribution in [1.82, 2.24) is 10.6 Å². The van der Waals surface area contributed by atoms with Gasteiger partial charge in [0.1, 0.15) is 0 Å². The van der Waals surface area contributed by atoms with E-state index in [4.69, 9.17) is 5.73 Å². The minimum atomic E-state index is -0.102. The van der Waals surface area contributed by atoms with Gasteiger partial charge in [0.2, 0.25) is 5.91 Å². The quantitative estimate of drug-likeness (QED) is 0.618. The summed E-state index contributed by atoms with van der Waals surface area (Å²) in [6.07, 6.45) is 9.68. The van der Waals surface area contributed by atoms with Gasteiger partial charge in [0, 0.05) is 30.1 Å². The molecule has 5 aliphatic rings. The molecule has 0 spiro atoms. The van der Waals surface area contributed by atoms with E-state index in [-0.39, 0.29) is 35.7 Å². The van der Waals surface area contributed by atoms with Crippen LogP contribution in [0.2, 0.25) is 0 Å². The van der Waals surface area contributed by atoms with E-state index >= 15 is 0 Å². The highest BCUT2D eigenvalue weighted by Gasteiger charge is 2.54. The minimum absolute atomic E-state index is 0. The first-order chi connectivity index (χ1) is 14.0. The van der Waals surface area contributed by atoms with E-state index in [1.165, 1.54) is 32.1 Å². The molecule has 30 heavy (non-hydrogen) atoms. The Morgan fingerprint density at radius 2 is 1.53 bits per heavy atom. The molecule has 5 fully saturated rings. The average molecular weight is 432 g/mol. The van der Waals surface area contributed by atoms with Gasteiger partial charge in [0.05, 0.1) is 0 Å². The maximum Gasteiger partial charge on any atom is 0.251 e. The van der Waals surface area contributed by atoms with E-state index in [9.17, 15) is 9.59 Å². The largest absolute Gasteiger partial charge is 0.352 e. The first-order valence-electron chi connectivity index (χ1n) is 11.4. The summed E-state index contributed by atoms with van der Waals surface area (Å²) in [4.78, 5) is 25.4. The molecular formula is C24H34ClN3O2. The molecule has 0 aliphatic heterocycles. The Morgan fingerprint density at radius 1 is 0.967 bits per heavy atom. The predicted octanol–water partition coefficient (Wildman–Crippen LogP) is 3.41. The fourth-order valence-electron chi connectivity index (χ4n) is 6.54. The minimum Gasteiger partial charge on any atom is -0.352 e. The molecule has 1 unspecified atom stereocenters. The second kappa shape index (κ2) is 8.51. The highest BCUT2D eigenvalue weighted by atomic mass is 35.5. The number of rotatable bonds is 7. The maximum atomic E-state index is 13.1. The Balaban J connectivity index is 0.00000218. The molecule has 0 radical (unpaired) electrons. The summed E-state index contributed by atoms with van der Waals surface area (Å²) >= 11 is 0. The highest BCUT2D eigenvalue weighted by Crippen LogP contribution is 2.60. The van der Waals surface area contributed by atoms with Gasteiger partial charge in [-0.15, -0.1) is 12.4 Å². The molecule has 4 N–H and O–H groups in total. The van der Waals surface area contributed by atoms with Crippen LogP contribution in [0.3, 0.4) is 0 Å². The number of hydrogen-bond donors (Lipinski definition) is 3. The Morgan fingerprint density at radius 3 is 2.07 bits per heavy atom. The summed E-state index contributed by atoms with van der Waals surface area (Å²) < 4.78 is 0. The van der Waals surface area contributed by atoms with E-state index in [2.05, 4.69) is 10.6 Å². The van der Waals surface area contributed by atoms with Crippen molar-refractivity contribution in [2.75, 3.05) is 6.54 Å². The van der Waals surface area contributed by atoms with Crippen molar-refractivity contribution < 1.29 is 9.59 Å². The summed E-state index contributed by atoms with van der Waals surface area (Å²) in [5.74, 6) is 3.08. The molecule has 1 atom stereocenters. The SMILES string of the molecule is Cl.NC(CNC(=O)c1ccc(CNC(=O)C23CC4CC(CC(C4)C2)C3)cc1)C1CC1. The first-order valence-corrected chi connectivity index (χ1v) is 11.4. The molecule has 0 aromatic heterocycles. The van der Waals surface area contributed by atoms with Crippen molar-refractivity contribution >= 4 is 24.2 Å². The van der Waals surface area contributed by atoms with Crippen molar-refractivity contribution in [2.24, 2.45) is 34.8 Å². The number of carbonyl (C=O) groups is 2. The smallest absolute Gasteiger partial charge is 0.251 e. The van der Waals surface area contributed by atoms with E-state index in [0.29, 0.717) is 24.6 Å². The Kier molecular flexibility index (Phi) is 6.13. The number of nitrogens with one attached hydrogen (secondary N) is 2. The lowest BCUT2D eigenvalue weighted by Crippen LogP contribution is -2.53. The van der Waals surface area contributed by atoms with Crippen LogP contribution in [0.4, 0.5) is 0 Å². The summed E-state index contributed by atoms with van der Waals surface area (Å²) in [7, 11) is 0. The maximum absolute atomic E-state index is 13.1. The number of hydrogen-bond acceptors (Lipinski definition) is 3. The fraction of sp³-hybridized carbons (Fsp3) is 0.667. The molecule has 1 aromatic carbocycles. The number of benzene rings is 1. The molecule has 2 amide bonds. The average Bonchev–Trinajstić information content (AvgIpc) is 3.55. The van der Waals surface area contributed by atoms with Gasteiger partial charge >= 0.3 is 0 Å². The zero-order valence-corrected chi connectivity index (χ0v) is 18.4. The number of carbonyl (C=O) groups excluding carboxylic acids is 2. The summed E-state index contributed by atoms with van der Waals surface area (Å²) in [6, 6.07) is 7.62. The van der Waals surface area contributed by atoms with E-state index in [1.807, 2.05) is 24.3 Å². The second-order valence-corrected chi connectivity index (χ2v) is 10.3. The van der Waals surface area contributed by atoms with Crippen LogP contribution in [0.5, 0.6) is 0 Å². The van der Waals surface area contributed by atoms with Crippen LogP contribution in [0.15, 0.2) is 24.3 Å². The molecule has 5 aliphatic carbocycles. The molecule has 0 heterocycles. The van der Waals surface area contributed by atoms with Crippen LogP contribution in [0, 0.1) is 29.1 Å². The molecule has 164 valence electrons. The first kappa shape index (κ1) is 21.6. The van der Waals surface area contributed by atoms with Crippen LogP contribution in [-0.4, -0.2) is 24.4 Å². The third-order valence-electron chi connectivity index (χ3n) is 7.91. The molecule has 4 bridgehead atoms. The Hall–Kier alpha value is -1.59. The van der Waals surface area contributed by atoms with Crippen molar-refractivity contribution in [3.05, 3.63) is 35.4 Å². The Bertz CT molecular complexity index is 755. The molecule has 5 nitrogen and oxygen atoms in total. The standard InChI is InChI=1S/C24H33N3O2.ClH/c25-21(19-5-6-19)14-26-22(28)20-3-1-15(2-4-20)13-27-23(29)24-10-16-7-17(11-24)9-18(8-16)12-24;/h1-4,16-19,21H,5-14,25H2,(H,26,28)(H,27,29);1H. The van der Waals surface area contributed by atoms with Crippen LogP contribution >= 0.6 is 12.4 Å². The van der Waals surface area contributed by atoms with Gasteiger partial charge in [0.25, 0.3) is 5.91 Å². The third kappa shape index (κ3) is 4.38. The topological polar surface area (TPSA) is 84.2 Å². The summed E-state index contributed by atoms with van der Waals surface area (Å²) in [5, 5.41) is 6.14. The lowest BCUT2D eigenvalue weighted by molar-refractivity contribution is -0.146. The third-order valence-corrected chi connectivity index (χ3v) is 7.91. The van der Waals surface area contributed by atoms with Gasteiger partial charge in [-0.2, -0.15) is 0 Å². The van der Waals surface area contributed by atoms with Crippen LogP contribution < -0.4 is 16.4 Å². The monoisotopic (exact) mass is 431 g/mol. The van der Waals surface area contributed by atoms with E-state index in [0.717, 1.165) is 42.6 Å². The van der Waals surface area contributed by atoms with Gasteiger partial charge in [-0.05, 0) is 92.7 Å². The van der Waals surface area contributed by atoms with Gasteiger partial charge in [-0.25, -0.2) is 0 Å². The molecule has 1 aromatic rings. The Labute approximate surface area is 185 Å². The van der Waals surface area contributed by atoms with E-state index in [1.54, 1.807) is 0 Å². The van der Waals surface area contributed by atoms with Gasteiger partial charge < -0.3 is 16.4 Å². The molecule has 0 saturated heterocycles. The molecular weight excluding hydrogens is 398 g/mol. The lowest BCUT2D eigenvalue weighted by Gasteiger charge is -2.55. The van der Waals surface area contributed by atoms with E-state index < -0.39 is 0 Å². The fourth-order valence-corrected chi connectivity index (χ4v) is 6.54.